The van der Waals surface area contributed by atoms with E-state index in [1.165, 1.54) is 21.2 Å². The number of aryl methyl sites for hydroxylation is 1. The molecule has 0 amide bonds. The lowest BCUT2D eigenvalue weighted by atomic mass is 10.00. The fourth-order valence-electron chi connectivity index (χ4n) is 3.90. The molecule has 0 unspecified atom stereocenters. The van der Waals surface area contributed by atoms with Crippen LogP contribution in [-0.4, -0.2) is 31.0 Å². The summed E-state index contributed by atoms with van der Waals surface area (Å²) in [4.78, 5) is 24.0. The van der Waals surface area contributed by atoms with E-state index in [4.69, 9.17) is 0 Å². The third-order valence-electron chi connectivity index (χ3n) is 5.56. The molecule has 152 valence electrons. The second kappa shape index (κ2) is 7.76. The van der Waals surface area contributed by atoms with E-state index in [0.717, 1.165) is 30.8 Å². The smallest absolute Gasteiger partial charge is 0.274 e. The van der Waals surface area contributed by atoms with E-state index in [-0.39, 0.29) is 5.56 Å². The summed E-state index contributed by atoms with van der Waals surface area (Å²) < 4.78 is 1.38. The van der Waals surface area contributed by atoms with Gasteiger partial charge in [-0.3, -0.25) is 14.8 Å². The van der Waals surface area contributed by atoms with Crippen molar-refractivity contribution < 1.29 is 0 Å². The quantitative estimate of drug-likeness (QED) is 0.539. The number of anilines is 1. The number of rotatable bonds is 5. The van der Waals surface area contributed by atoms with Crippen LogP contribution in [0, 0.1) is 6.92 Å². The van der Waals surface area contributed by atoms with E-state index < -0.39 is 0 Å². The predicted octanol–water partition coefficient (Wildman–Crippen LogP) is 2.90. The molecule has 1 aliphatic rings. The summed E-state index contributed by atoms with van der Waals surface area (Å²) >= 11 is 0. The Morgan fingerprint density at radius 1 is 1.07 bits per heavy atom. The Labute approximate surface area is 174 Å². The van der Waals surface area contributed by atoms with Crippen molar-refractivity contribution in [1.82, 2.24) is 24.5 Å². The molecule has 0 radical (unpaired) electrons. The number of H-pyrrole nitrogens is 1. The van der Waals surface area contributed by atoms with E-state index >= 15 is 0 Å². The zero-order chi connectivity index (χ0) is 20.5. The lowest BCUT2D eigenvalue weighted by Crippen LogP contribution is -2.31. The first-order valence-corrected chi connectivity index (χ1v) is 10.2. The van der Waals surface area contributed by atoms with Crippen LogP contribution < -0.4 is 10.9 Å². The summed E-state index contributed by atoms with van der Waals surface area (Å²) in [6.07, 6.45) is 1.02. The Morgan fingerprint density at radius 3 is 2.70 bits per heavy atom. The van der Waals surface area contributed by atoms with Crippen LogP contribution in [0.2, 0.25) is 0 Å². The molecule has 2 aromatic heterocycles. The Hall–Kier alpha value is -3.45. The largest absolute Gasteiger partial charge is 0.351 e. The van der Waals surface area contributed by atoms with Gasteiger partial charge in [-0.2, -0.15) is 9.50 Å². The molecule has 1 aliphatic heterocycles. The van der Waals surface area contributed by atoms with Gasteiger partial charge in [0.15, 0.2) is 0 Å². The third-order valence-corrected chi connectivity index (χ3v) is 5.56. The monoisotopic (exact) mass is 400 g/mol. The zero-order valence-corrected chi connectivity index (χ0v) is 16.9. The molecule has 2 N–H and O–H groups in total. The van der Waals surface area contributed by atoms with Crippen molar-refractivity contribution >= 4 is 11.7 Å². The highest BCUT2D eigenvalue weighted by Gasteiger charge is 2.17. The second-order valence-electron chi connectivity index (χ2n) is 7.86. The first kappa shape index (κ1) is 18.6. The van der Waals surface area contributed by atoms with Crippen LogP contribution in [0.25, 0.3) is 5.78 Å². The molecular formula is C23H24N6O. The number of nitrogens with one attached hydrogen (secondary N) is 2. The van der Waals surface area contributed by atoms with E-state index in [0.29, 0.717) is 24.8 Å². The van der Waals surface area contributed by atoms with Crippen LogP contribution in [0.15, 0.2) is 59.4 Å². The van der Waals surface area contributed by atoms with E-state index in [1.807, 2.05) is 0 Å². The highest BCUT2D eigenvalue weighted by molar-refractivity contribution is 5.38. The van der Waals surface area contributed by atoms with Gasteiger partial charge >= 0.3 is 0 Å². The van der Waals surface area contributed by atoms with Gasteiger partial charge in [0.2, 0.25) is 5.95 Å². The molecule has 7 heteroatoms. The van der Waals surface area contributed by atoms with E-state index in [2.05, 4.69) is 80.7 Å². The molecular weight excluding hydrogens is 376 g/mol. The Bertz CT molecular complexity index is 1240. The summed E-state index contributed by atoms with van der Waals surface area (Å²) in [5, 5.41) is 6.23. The van der Waals surface area contributed by atoms with E-state index in [1.54, 1.807) is 6.07 Å². The Kier molecular flexibility index (Phi) is 4.80. The lowest BCUT2D eigenvalue weighted by Gasteiger charge is -2.28. The van der Waals surface area contributed by atoms with Gasteiger partial charge in [-0.25, -0.2) is 4.98 Å². The maximum atomic E-state index is 12.6. The van der Waals surface area contributed by atoms with Gasteiger partial charge in [-0.05, 0) is 30.0 Å². The normalized spacial score (nSPS) is 14.0. The van der Waals surface area contributed by atoms with Gasteiger partial charge in [-0.15, -0.1) is 0 Å². The standard InChI is InChI=1S/C23H24N6O/c1-16-6-8-17(9-7-16)13-24-22-26-23-25-20(12-21(30)29(23)27-22)15-28-11-10-18-4-2-3-5-19(18)14-28/h2-9,12H,10-11,13-15H2,1H3,(H2,24,25,26,27). The summed E-state index contributed by atoms with van der Waals surface area (Å²) in [5.74, 6) is 0.922. The molecule has 0 saturated carbocycles. The molecule has 0 fully saturated rings. The van der Waals surface area contributed by atoms with Crippen LogP contribution in [-0.2, 0) is 26.1 Å². The second-order valence-corrected chi connectivity index (χ2v) is 7.86. The number of hydrogen-bond acceptors (Lipinski definition) is 5. The molecule has 2 aromatic carbocycles. The average Bonchev–Trinajstić information content (AvgIpc) is 3.17. The fraction of sp³-hybridized carbons (Fsp3) is 0.261. The summed E-state index contributed by atoms with van der Waals surface area (Å²) in [5.41, 5.74) is 5.73. The number of fused-ring (bicyclic) bond motifs is 2. The molecule has 0 bridgehead atoms. The lowest BCUT2D eigenvalue weighted by molar-refractivity contribution is 0.242. The van der Waals surface area contributed by atoms with Gasteiger partial charge in [0.25, 0.3) is 11.3 Å². The Balaban J connectivity index is 1.31. The van der Waals surface area contributed by atoms with Crippen molar-refractivity contribution in [3.63, 3.8) is 0 Å². The SMILES string of the molecule is Cc1ccc(CNc2nc3nc(CN4CCc5ccccc5C4)cc(=O)n3[nH]2)cc1. The maximum Gasteiger partial charge on any atom is 0.274 e. The first-order valence-electron chi connectivity index (χ1n) is 10.2. The van der Waals surface area contributed by atoms with Gasteiger partial charge < -0.3 is 5.32 Å². The molecule has 30 heavy (non-hydrogen) atoms. The number of aromatic amines is 1. The molecule has 0 atom stereocenters. The molecule has 0 saturated heterocycles. The summed E-state index contributed by atoms with van der Waals surface area (Å²) in [7, 11) is 0. The van der Waals surface area contributed by atoms with Crippen LogP contribution in [0.3, 0.4) is 0 Å². The minimum absolute atomic E-state index is 0.150. The van der Waals surface area contributed by atoms with Crippen molar-refractivity contribution in [2.75, 3.05) is 11.9 Å². The minimum atomic E-state index is -0.150. The number of aromatic nitrogens is 4. The van der Waals surface area contributed by atoms with Crippen molar-refractivity contribution in [3.05, 3.63) is 92.9 Å². The topological polar surface area (TPSA) is 78.3 Å². The van der Waals surface area contributed by atoms with Crippen LogP contribution in [0.1, 0.15) is 27.9 Å². The number of benzene rings is 2. The van der Waals surface area contributed by atoms with E-state index in [9.17, 15) is 4.79 Å². The van der Waals surface area contributed by atoms with Crippen molar-refractivity contribution in [3.8, 4) is 0 Å². The number of hydrogen-bond donors (Lipinski definition) is 2. The average molecular weight is 400 g/mol. The highest BCUT2D eigenvalue weighted by atomic mass is 16.1. The summed E-state index contributed by atoms with van der Waals surface area (Å²) in [6, 6.07) is 18.4. The minimum Gasteiger partial charge on any atom is -0.351 e. The molecule has 5 rings (SSSR count). The summed E-state index contributed by atoms with van der Waals surface area (Å²) in [6.45, 7) is 5.16. The fourth-order valence-corrected chi connectivity index (χ4v) is 3.90. The molecule has 0 spiro atoms. The van der Waals surface area contributed by atoms with Crippen LogP contribution >= 0.6 is 0 Å². The zero-order valence-electron chi connectivity index (χ0n) is 16.9. The Morgan fingerprint density at radius 2 is 1.87 bits per heavy atom. The van der Waals surface area contributed by atoms with Gasteiger partial charge in [0.1, 0.15) is 0 Å². The molecule has 3 heterocycles. The van der Waals surface area contributed by atoms with Crippen LogP contribution in [0.4, 0.5) is 5.95 Å². The molecule has 4 aromatic rings. The van der Waals surface area contributed by atoms with Gasteiger partial charge in [0, 0.05) is 32.2 Å². The van der Waals surface area contributed by atoms with Crippen molar-refractivity contribution in [2.45, 2.75) is 33.0 Å². The molecule has 0 aliphatic carbocycles. The third kappa shape index (κ3) is 3.84. The van der Waals surface area contributed by atoms with Gasteiger partial charge in [0.05, 0.1) is 5.69 Å². The van der Waals surface area contributed by atoms with Crippen molar-refractivity contribution in [1.29, 1.82) is 0 Å². The van der Waals surface area contributed by atoms with Gasteiger partial charge in [-0.1, -0.05) is 54.1 Å². The van der Waals surface area contributed by atoms with Crippen LogP contribution in [0.5, 0.6) is 0 Å². The van der Waals surface area contributed by atoms with Crippen molar-refractivity contribution in [2.24, 2.45) is 0 Å². The maximum absolute atomic E-state index is 12.6. The number of nitrogens with zero attached hydrogens (tertiary/aromatic N) is 4. The first-order chi connectivity index (χ1) is 14.6. The molecule has 7 nitrogen and oxygen atoms in total. The predicted molar refractivity (Wildman–Crippen MR) is 116 cm³/mol. The highest BCUT2D eigenvalue weighted by Crippen LogP contribution is 2.19.